The van der Waals surface area contributed by atoms with Gasteiger partial charge in [0.2, 0.25) is 5.91 Å². The largest absolute Gasteiger partial charge is 0.389 e. The van der Waals surface area contributed by atoms with Gasteiger partial charge >= 0.3 is 0 Å². The summed E-state index contributed by atoms with van der Waals surface area (Å²) in [4.78, 5) is 13.0. The third-order valence-electron chi connectivity index (χ3n) is 3.11. The predicted molar refractivity (Wildman–Crippen MR) is 92.5 cm³/mol. The summed E-state index contributed by atoms with van der Waals surface area (Å²) in [5.41, 5.74) is 1.37. The first-order valence-electron chi connectivity index (χ1n) is 7.02. The van der Waals surface area contributed by atoms with Crippen LogP contribution in [0.2, 0.25) is 5.02 Å². The SMILES string of the molecule is CC(O)c1ccccc1NC(=O)CCSc1ccccc1Cl. The highest BCUT2D eigenvalue weighted by molar-refractivity contribution is 7.99. The van der Waals surface area contributed by atoms with Gasteiger partial charge in [-0.05, 0) is 25.1 Å². The van der Waals surface area contributed by atoms with Crippen LogP contribution in [-0.2, 0) is 4.79 Å². The summed E-state index contributed by atoms with van der Waals surface area (Å²) in [6.45, 7) is 1.68. The molecule has 0 radical (unpaired) electrons. The molecule has 0 spiro atoms. The van der Waals surface area contributed by atoms with E-state index in [0.717, 1.165) is 10.5 Å². The molecule has 1 atom stereocenters. The molecule has 1 unspecified atom stereocenters. The summed E-state index contributed by atoms with van der Waals surface area (Å²) in [5.74, 6) is 0.569. The lowest BCUT2D eigenvalue weighted by Crippen LogP contribution is -2.14. The second kappa shape index (κ2) is 8.22. The zero-order valence-electron chi connectivity index (χ0n) is 12.3. The number of hydrogen-bond acceptors (Lipinski definition) is 3. The number of aliphatic hydroxyl groups is 1. The number of thioether (sulfide) groups is 1. The van der Waals surface area contributed by atoms with E-state index in [2.05, 4.69) is 5.32 Å². The standard InChI is InChI=1S/C17H18ClNO2S/c1-12(20)13-6-2-4-8-15(13)19-17(21)10-11-22-16-9-5-3-7-14(16)18/h2-9,12,20H,10-11H2,1H3,(H,19,21). The molecule has 1 amide bonds. The number of nitrogens with one attached hydrogen (secondary N) is 1. The van der Waals surface area contributed by atoms with Crippen LogP contribution in [0.1, 0.15) is 25.0 Å². The molecule has 2 rings (SSSR count). The Kier molecular flexibility index (Phi) is 6.31. The van der Waals surface area contributed by atoms with Crippen molar-refractivity contribution >= 4 is 35.0 Å². The topological polar surface area (TPSA) is 49.3 Å². The number of halogens is 1. The molecule has 0 aliphatic heterocycles. The van der Waals surface area contributed by atoms with Crippen molar-refractivity contribution in [3.05, 3.63) is 59.1 Å². The number of benzene rings is 2. The number of rotatable bonds is 6. The fraction of sp³-hybridized carbons (Fsp3) is 0.235. The van der Waals surface area contributed by atoms with Crippen molar-refractivity contribution in [2.45, 2.75) is 24.3 Å². The van der Waals surface area contributed by atoms with Gasteiger partial charge < -0.3 is 10.4 Å². The lowest BCUT2D eigenvalue weighted by Gasteiger charge is -2.13. The minimum atomic E-state index is -0.617. The number of aliphatic hydroxyl groups excluding tert-OH is 1. The molecule has 3 nitrogen and oxygen atoms in total. The molecule has 116 valence electrons. The molecule has 5 heteroatoms. The van der Waals surface area contributed by atoms with Gasteiger partial charge in [-0.25, -0.2) is 0 Å². The van der Waals surface area contributed by atoms with Crippen LogP contribution in [0.5, 0.6) is 0 Å². The average Bonchev–Trinajstić information content (AvgIpc) is 2.49. The van der Waals surface area contributed by atoms with E-state index in [9.17, 15) is 9.90 Å². The summed E-state index contributed by atoms with van der Waals surface area (Å²) in [5, 5.41) is 13.3. The molecular formula is C17H18ClNO2S. The van der Waals surface area contributed by atoms with Crippen molar-refractivity contribution in [3.8, 4) is 0 Å². The van der Waals surface area contributed by atoms with Crippen LogP contribution in [0.25, 0.3) is 0 Å². The molecule has 0 fully saturated rings. The molecule has 0 aromatic heterocycles. The normalized spacial score (nSPS) is 12.0. The van der Waals surface area contributed by atoms with Gasteiger partial charge in [0.1, 0.15) is 0 Å². The van der Waals surface area contributed by atoms with Crippen molar-refractivity contribution in [2.75, 3.05) is 11.1 Å². The van der Waals surface area contributed by atoms with Crippen LogP contribution in [0, 0.1) is 0 Å². The Morgan fingerprint density at radius 2 is 1.91 bits per heavy atom. The fourth-order valence-electron chi connectivity index (χ4n) is 2.00. The average molecular weight is 336 g/mol. The Balaban J connectivity index is 1.88. The lowest BCUT2D eigenvalue weighted by atomic mass is 10.1. The molecular weight excluding hydrogens is 318 g/mol. The molecule has 0 saturated heterocycles. The molecule has 0 saturated carbocycles. The first kappa shape index (κ1) is 16.9. The van der Waals surface area contributed by atoms with Crippen LogP contribution in [0.3, 0.4) is 0 Å². The summed E-state index contributed by atoms with van der Waals surface area (Å²) in [6.07, 6.45) is -0.238. The third-order valence-corrected chi connectivity index (χ3v) is 4.63. The fourth-order valence-corrected chi connectivity index (χ4v) is 3.19. The highest BCUT2D eigenvalue weighted by Crippen LogP contribution is 2.27. The van der Waals surface area contributed by atoms with Crippen LogP contribution < -0.4 is 5.32 Å². The van der Waals surface area contributed by atoms with E-state index < -0.39 is 6.10 Å². The highest BCUT2D eigenvalue weighted by Gasteiger charge is 2.10. The maximum atomic E-state index is 12.0. The maximum absolute atomic E-state index is 12.0. The van der Waals surface area contributed by atoms with Gasteiger partial charge in [0.15, 0.2) is 0 Å². The number of carbonyl (C=O) groups is 1. The van der Waals surface area contributed by atoms with E-state index in [4.69, 9.17) is 11.6 Å². The van der Waals surface area contributed by atoms with Crippen LogP contribution >= 0.6 is 23.4 Å². The van der Waals surface area contributed by atoms with E-state index in [0.29, 0.717) is 22.9 Å². The maximum Gasteiger partial charge on any atom is 0.225 e. The van der Waals surface area contributed by atoms with E-state index in [1.165, 1.54) is 0 Å². The minimum Gasteiger partial charge on any atom is -0.389 e. The number of carbonyl (C=O) groups excluding carboxylic acids is 1. The van der Waals surface area contributed by atoms with Gasteiger partial charge in [-0.2, -0.15) is 0 Å². The molecule has 0 heterocycles. The van der Waals surface area contributed by atoms with E-state index in [1.54, 1.807) is 30.8 Å². The Morgan fingerprint density at radius 3 is 2.64 bits per heavy atom. The molecule has 2 aromatic rings. The Labute approximate surface area is 139 Å². The highest BCUT2D eigenvalue weighted by atomic mass is 35.5. The van der Waals surface area contributed by atoms with Crippen molar-refractivity contribution < 1.29 is 9.90 Å². The second-order valence-corrected chi connectivity index (χ2v) is 6.38. The zero-order chi connectivity index (χ0) is 15.9. The number of para-hydroxylation sites is 1. The Bertz CT molecular complexity index is 646. The van der Waals surface area contributed by atoms with Gasteiger partial charge in [-0.1, -0.05) is 41.9 Å². The van der Waals surface area contributed by atoms with Gasteiger partial charge in [0.05, 0.1) is 11.1 Å². The number of hydrogen-bond donors (Lipinski definition) is 2. The Hall–Kier alpha value is -1.49. The van der Waals surface area contributed by atoms with E-state index >= 15 is 0 Å². The minimum absolute atomic E-state index is 0.0762. The van der Waals surface area contributed by atoms with Gasteiger partial charge in [-0.15, -0.1) is 11.8 Å². The monoisotopic (exact) mass is 335 g/mol. The van der Waals surface area contributed by atoms with Crippen molar-refractivity contribution in [3.63, 3.8) is 0 Å². The van der Waals surface area contributed by atoms with Gasteiger partial charge in [-0.3, -0.25) is 4.79 Å². The molecule has 22 heavy (non-hydrogen) atoms. The van der Waals surface area contributed by atoms with E-state index in [1.807, 2.05) is 36.4 Å². The smallest absolute Gasteiger partial charge is 0.225 e. The summed E-state index contributed by atoms with van der Waals surface area (Å²) >= 11 is 7.63. The summed E-state index contributed by atoms with van der Waals surface area (Å²) in [7, 11) is 0. The quantitative estimate of drug-likeness (QED) is 0.763. The first-order chi connectivity index (χ1) is 10.6. The molecule has 2 aromatic carbocycles. The molecule has 0 aliphatic carbocycles. The zero-order valence-corrected chi connectivity index (χ0v) is 13.8. The van der Waals surface area contributed by atoms with Crippen LogP contribution in [-0.4, -0.2) is 16.8 Å². The van der Waals surface area contributed by atoms with Crippen LogP contribution in [0.4, 0.5) is 5.69 Å². The first-order valence-corrected chi connectivity index (χ1v) is 8.38. The summed E-state index contributed by atoms with van der Waals surface area (Å²) < 4.78 is 0. The number of anilines is 1. The Morgan fingerprint density at radius 1 is 1.23 bits per heavy atom. The second-order valence-electron chi connectivity index (χ2n) is 4.84. The van der Waals surface area contributed by atoms with Crippen molar-refractivity contribution in [1.29, 1.82) is 0 Å². The molecule has 2 N–H and O–H groups in total. The van der Waals surface area contributed by atoms with Gasteiger partial charge in [0, 0.05) is 28.3 Å². The van der Waals surface area contributed by atoms with Crippen molar-refractivity contribution in [1.82, 2.24) is 0 Å². The van der Waals surface area contributed by atoms with Crippen LogP contribution in [0.15, 0.2) is 53.4 Å². The predicted octanol–water partition coefficient (Wildman–Crippen LogP) is 4.51. The third kappa shape index (κ3) is 4.77. The summed E-state index contributed by atoms with van der Waals surface area (Å²) in [6, 6.07) is 14.8. The lowest BCUT2D eigenvalue weighted by molar-refractivity contribution is -0.115. The molecule has 0 bridgehead atoms. The van der Waals surface area contributed by atoms with E-state index in [-0.39, 0.29) is 5.91 Å². The van der Waals surface area contributed by atoms with Crippen molar-refractivity contribution in [2.24, 2.45) is 0 Å². The number of amides is 1. The molecule has 0 aliphatic rings. The van der Waals surface area contributed by atoms with Gasteiger partial charge in [0.25, 0.3) is 0 Å².